The van der Waals surface area contributed by atoms with Crippen molar-refractivity contribution in [3.63, 3.8) is 0 Å². The highest BCUT2D eigenvalue weighted by Crippen LogP contribution is 2.22. The lowest BCUT2D eigenvalue weighted by atomic mass is 10.1. The van der Waals surface area contributed by atoms with Crippen LogP contribution in [0.4, 0.5) is 0 Å². The van der Waals surface area contributed by atoms with Crippen LogP contribution in [0.5, 0.6) is 0 Å². The van der Waals surface area contributed by atoms with Gasteiger partial charge in [-0.25, -0.2) is 0 Å². The lowest BCUT2D eigenvalue weighted by Crippen LogP contribution is -2.38. The van der Waals surface area contributed by atoms with Crippen LogP contribution in [0.25, 0.3) is 0 Å². The van der Waals surface area contributed by atoms with Crippen LogP contribution in [0, 0.1) is 0 Å². The molecular weight excluding hydrogens is 334 g/mol. The summed E-state index contributed by atoms with van der Waals surface area (Å²) in [5.41, 5.74) is 1.11. The van der Waals surface area contributed by atoms with E-state index in [4.69, 9.17) is 0 Å². The predicted molar refractivity (Wildman–Crippen MR) is 73.6 cm³/mol. The molecule has 2 nitrogen and oxygen atoms in total. The van der Waals surface area contributed by atoms with Gasteiger partial charge in [-0.1, -0.05) is 50.1 Å². The summed E-state index contributed by atoms with van der Waals surface area (Å²) < 4.78 is 0.519. The van der Waals surface area contributed by atoms with Gasteiger partial charge in [0.1, 0.15) is 0 Å². The zero-order valence-corrected chi connectivity index (χ0v) is 12.8. The van der Waals surface area contributed by atoms with Crippen molar-refractivity contribution >= 4 is 37.8 Å². The Hall–Kier alpha value is -0.350. The summed E-state index contributed by atoms with van der Waals surface area (Å²) in [5, 5.41) is 0. The summed E-state index contributed by atoms with van der Waals surface area (Å²) in [5.74, 6) is 0.0725. The second-order valence-corrected chi connectivity index (χ2v) is 7.06. The third-order valence-corrected chi connectivity index (χ3v) is 3.33. The molecule has 0 heterocycles. The van der Waals surface area contributed by atoms with Gasteiger partial charge in [0, 0.05) is 18.1 Å². The molecule has 0 saturated heterocycles. The molecule has 0 aliphatic rings. The molecule has 1 aromatic rings. The van der Waals surface area contributed by atoms with Crippen LogP contribution in [-0.2, 0) is 11.3 Å². The van der Waals surface area contributed by atoms with Gasteiger partial charge in [-0.05, 0) is 25.5 Å². The number of halogens is 2. The van der Waals surface area contributed by atoms with E-state index in [1.54, 1.807) is 4.90 Å². The third-order valence-electron chi connectivity index (χ3n) is 2.22. The average Bonchev–Trinajstić information content (AvgIpc) is 2.19. The van der Waals surface area contributed by atoms with Gasteiger partial charge in [0.15, 0.2) is 0 Å². The quantitative estimate of drug-likeness (QED) is 0.764. The molecule has 0 aliphatic heterocycles. The van der Waals surface area contributed by atoms with E-state index in [1.807, 2.05) is 45.2 Å². The number of nitrogens with zero attached hydrogens (tertiary/aromatic N) is 1. The number of carbonyl (C=O) groups is 1. The SMILES string of the molecule is CN(Cc1ccccc1Br)C(=O)C(C)(C)Br. The van der Waals surface area contributed by atoms with Crippen LogP contribution in [0.1, 0.15) is 19.4 Å². The van der Waals surface area contributed by atoms with E-state index in [1.165, 1.54) is 0 Å². The van der Waals surface area contributed by atoms with Crippen molar-refractivity contribution in [1.29, 1.82) is 0 Å². The Morgan fingerprint density at radius 1 is 1.38 bits per heavy atom. The first kappa shape index (κ1) is 13.7. The summed E-state index contributed by atoms with van der Waals surface area (Å²) in [4.78, 5) is 13.7. The second kappa shape index (κ2) is 5.32. The summed E-state index contributed by atoms with van der Waals surface area (Å²) in [7, 11) is 1.81. The van der Waals surface area contributed by atoms with Gasteiger partial charge in [-0.2, -0.15) is 0 Å². The number of hydrogen-bond acceptors (Lipinski definition) is 1. The first-order chi connectivity index (χ1) is 7.32. The van der Waals surface area contributed by atoms with Crippen LogP contribution < -0.4 is 0 Å². The number of amides is 1. The molecule has 1 aromatic carbocycles. The van der Waals surface area contributed by atoms with Crippen LogP contribution >= 0.6 is 31.9 Å². The molecule has 4 heteroatoms. The molecule has 0 spiro atoms. The molecule has 88 valence electrons. The van der Waals surface area contributed by atoms with E-state index in [0.717, 1.165) is 10.0 Å². The second-order valence-electron chi connectivity index (χ2n) is 4.23. The van der Waals surface area contributed by atoms with Crippen molar-refractivity contribution in [2.24, 2.45) is 0 Å². The Morgan fingerprint density at radius 3 is 2.44 bits per heavy atom. The van der Waals surface area contributed by atoms with Crippen LogP contribution in [-0.4, -0.2) is 22.2 Å². The molecule has 0 bridgehead atoms. The van der Waals surface area contributed by atoms with E-state index in [9.17, 15) is 4.79 Å². The van der Waals surface area contributed by atoms with Gasteiger partial charge in [0.05, 0.1) is 4.32 Å². The molecule has 0 unspecified atom stereocenters. The van der Waals surface area contributed by atoms with Gasteiger partial charge >= 0.3 is 0 Å². The minimum atomic E-state index is -0.511. The molecule has 0 aromatic heterocycles. The molecule has 0 aliphatic carbocycles. The fourth-order valence-electron chi connectivity index (χ4n) is 1.41. The molecule has 0 atom stereocenters. The maximum absolute atomic E-state index is 11.9. The Morgan fingerprint density at radius 2 is 1.94 bits per heavy atom. The Balaban J connectivity index is 2.76. The highest BCUT2D eigenvalue weighted by atomic mass is 79.9. The van der Waals surface area contributed by atoms with E-state index in [2.05, 4.69) is 31.9 Å². The standard InChI is InChI=1S/C12H15Br2NO/c1-12(2,14)11(16)15(3)8-9-6-4-5-7-10(9)13/h4-7H,8H2,1-3H3. The first-order valence-corrected chi connectivity index (χ1v) is 6.59. The van der Waals surface area contributed by atoms with Gasteiger partial charge < -0.3 is 4.90 Å². The van der Waals surface area contributed by atoms with Crippen molar-refractivity contribution in [3.8, 4) is 0 Å². The Kier molecular flexibility index (Phi) is 4.56. The average molecular weight is 349 g/mol. The van der Waals surface area contributed by atoms with Crippen LogP contribution in [0.15, 0.2) is 28.7 Å². The highest BCUT2D eigenvalue weighted by Gasteiger charge is 2.27. The molecule has 1 amide bonds. The van der Waals surface area contributed by atoms with E-state index in [-0.39, 0.29) is 5.91 Å². The number of benzene rings is 1. The molecule has 0 saturated carbocycles. The topological polar surface area (TPSA) is 20.3 Å². The monoisotopic (exact) mass is 347 g/mol. The fraction of sp³-hybridized carbons (Fsp3) is 0.417. The smallest absolute Gasteiger partial charge is 0.238 e. The summed E-state index contributed by atoms with van der Waals surface area (Å²) in [6.07, 6.45) is 0. The van der Waals surface area contributed by atoms with Crippen LogP contribution in [0.2, 0.25) is 0 Å². The van der Waals surface area contributed by atoms with Gasteiger partial charge in [-0.15, -0.1) is 0 Å². The van der Waals surface area contributed by atoms with E-state index < -0.39 is 4.32 Å². The van der Waals surface area contributed by atoms with Gasteiger partial charge in [0.25, 0.3) is 0 Å². The number of hydrogen-bond donors (Lipinski definition) is 0. The van der Waals surface area contributed by atoms with Gasteiger partial charge in [0.2, 0.25) is 5.91 Å². The molecule has 0 N–H and O–H groups in total. The Labute approximate surface area is 113 Å². The normalized spacial score (nSPS) is 11.3. The molecule has 0 fully saturated rings. The molecule has 0 radical (unpaired) electrons. The van der Waals surface area contributed by atoms with Crippen molar-refractivity contribution in [1.82, 2.24) is 4.90 Å². The summed E-state index contributed by atoms with van der Waals surface area (Å²) in [6.45, 7) is 4.31. The summed E-state index contributed by atoms with van der Waals surface area (Å²) >= 11 is 6.85. The number of carbonyl (C=O) groups excluding carboxylic acids is 1. The van der Waals surface area contributed by atoms with E-state index >= 15 is 0 Å². The fourth-order valence-corrected chi connectivity index (χ4v) is 2.12. The lowest BCUT2D eigenvalue weighted by Gasteiger charge is -2.25. The minimum Gasteiger partial charge on any atom is -0.340 e. The first-order valence-electron chi connectivity index (χ1n) is 5.00. The summed E-state index contributed by atoms with van der Waals surface area (Å²) in [6, 6.07) is 7.92. The molecular formula is C12H15Br2NO. The zero-order chi connectivity index (χ0) is 12.3. The van der Waals surface area contributed by atoms with Crippen molar-refractivity contribution in [2.45, 2.75) is 24.7 Å². The lowest BCUT2D eigenvalue weighted by molar-refractivity contribution is -0.131. The number of rotatable bonds is 3. The van der Waals surface area contributed by atoms with Crippen molar-refractivity contribution in [3.05, 3.63) is 34.3 Å². The maximum atomic E-state index is 11.9. The Bertz CT molecular complexity index is 385. The number of alkyl halides is 1. The maximum Gasteiger partial charge on any atom is 0.238 e. The van der Waals surface area contributed by atoms with Crippen LogP contribution in [0.3, 0.4) is 0 Å². The predicted octanol–water partition coefficient (Wildman–Crippen LogP) is 3.58. The largest absolute Gasteiger partial charge is 0.340 e. The third kappa shape index (κ3) is 3.59. The molecule has 1 rings (SSSR count). The van der Waals surface area contributed by atoms with E-state index in [0.29, 0.717) is 6.54 Å². The van der Waals surface area contributed by atoms with Crippen molar-refractivity contribution in [2.75, 3.05) is 7.05 Å². The highest BCUT2D eigenvalue weighted by molar-refractivity contribution is 9.10. The molecule has 16 heavy (non-hydrogen) atoms. The van der Waals surface area contributed by atoms with Gasteiger partial charge in [-0.3, -0.25) is 4.79 Å². The minimum absolute atomic E-state index is 0.0725. The van der Waals surface area contributed by atoms with Crippen molar-refractivity contribution < 1.29 is 4.79 Å². The zero-order valence-electron chi connectivity index (χ0n) is 9.63.